The molecular formula is C47H59F3N6O10S. The highest BCUT2D eigenvalue weighted by molar-refractivity contribution is 7.91. The molecule has 1 aromatic carbocycles. The molecule has 67 heavy (non-hydrogen) atoms. The summed E-state index contributed by atoms with van der Waals surface area (Å²) in [5, 5.41) is 5.77. The van der Waals surface area contributed by atoms with Crippen molar-refractivity contribution in [2.45, 2.75) is 140 Å². The topological polar surface area (TPSA) is 204 Å². The van der Waals surface area contributed by atoms with Crippen LogP contribution in [0.25, 0.3) is 22.2 Å². The van der Waals surface area contributed by atoms with Crippen molar-refractivity contribution in [3.8, 4) is 28.8 Å². The zero-order valence-corrected chi connectivity index (χ0v) is 39.5. The highest BCUT2D eigenvalue weighted by Crippen LogP contribution is 2.46. The number of nitrogens with zero attached hydrogens (tertiary/aromatic N) is 3. The van der Waals surface area contributed by atoms with Gasteiger partial charge in [0.2, 0.25) is 33.3 Å². The number of fused-ring (bicyclic) bond motifs is 3. The Bertz CT molecular complexity index is 2500. The molecule has 0 radical (unpaired) electrons. The molecule has 2 aliphatic carbocycles. The predicted molar refractivity (Wildman–Crippen MR) is 240 cm³/mol. The molecule has 2 aromatic heterocycles. The van der Waals surface area contributed by atoms with Crippen LogP contribution >= 0.6 is 0 Å². The Kier molecular flexibility index (Phi) is 14.1. The maximum atomic E-state index is 15.2. The minimum atomic E-state index is -4.94. The van der Waals surface area contributed by atoms with Crippen molar-refractivity contribution < 1.29 is 59.7 Å². The summed E-state index contributed by atoms with van der Waals surface area (Å²) in [5.41, 5.74) is -3.68. The molecule has 7 unspecified atom stereocenters. The van der Waals surface area contributed by atoms with Crippen molar-refractivity contribution in [3.63, 3.8) is 0 Å². The number of pyridine rings is 2. The van der Waals surface area contributed by atoms with E-state index in [0.717, 1.165) is 0 Å². The van der Waals surface area contributed by atoms with Gasteiger partial charge in [0.15, 0.2) is 0 Å². The maximum Gasteiger partial charge on any atom is 0.427 e. The Balaban J connectivity index is 1.27. The molecule has 3 aromatic rings. The molecule has 2 saturated carbocycles. The van der Waals surface area contributed by atoms with Crippen LogP contribution in [-0.2, 0) is 29.1 Å². The Morgan fingerprint density at radius 2 is 1.76 bits per heavy atom. The maximum absolute atomic E-state index is 15.2. The average Bonchev–Trinajstić information content (AvgIpc) is 4.19. The molecule has 2 aliphatic heterocycles. The molecule has 4 amide bonds. The highest BCUT2D eigenvalue weighted by Gasteiger charge is 2.62. The molecule has 3 N–H and O–H groups in total. The number of sulfonamides is 1. The van der Waals surface area contributed by atoms with Crippen molar-refractivity contribution in [1.82, 2.24) is 30.2 Å². The number of carbonyl (C=O) groups excluding carboxylic acids is 4. The van der Waals surface area contributed by atoms with Crippen molar-refractivity contribution in [2.24, 2.45) is 17.8 Å². The molecule has 364 valence electrons. The molecule has 0 spiro atoms. The second kappa shape index (κ2) is 19.1. The van der Waals surface area contributed by atoms with Gasteiger partial charge in [-0.15, -0.1) is 0 Å². The zero-order chi connectivity index (χ0) is 48.6. The fourth-order valence-corrected chi connectivity index (χ4v) is 10.1. The molecule has 16 nitrogen and oxygen atoms in total. The van der Waals surface area contributed by atoms with Gasteiger partial charge in [-0.25, -0.2) is 18.2 Å². The Morgan fingerprint density at radius 3 is 2.40 bits per heavy atom. The summed E-state index contributed by atoms with van der Waals surface area (Å²) in [6.45, 7) is 8.67. The summed E-state index contributed by atoms with van der Waals surface area (Å²) in [7, 11) is -2.49. The fraction of sp³-hybridized carbons (Fsp3) is 0.574. The molecule has 7 rings (SSSR count). The average molecular weight is 957 g/mol. The van der Waals surface area contributed by atoms with Crippen molar-refractivity contribution in [1.29, 1.82) is 0 Å². The summed E-state index contributed by atoms with van der Waals surface area (Å²) >= 11 is 0. The quantitative estimate of drug-likeness (QED) is 0.161. The molecular weight excluding hydrogens is 898 g/mol. The first-order valence-corrected chi connectivity index (χ1v) is 24.3. The number of nitrogens with one attached hydrogen (secondary N) is 3. The number of hydrogen-bond acceptors (Lipinski definition) is 12. The van der Waals surface area contributed by atoms with Crippen LogP contribution in [-0.4, -0.2) is 108 Å². The number of hydrogen-bond donors (Lipinski definition) is 3. The lowest BCUT2D eigenvalue weighted by Crippen LogP contribution is -2.59. The third-order valence-electron chi connectivity index (χ3n) is 12.9. The van der Waals surface area contributed by atoms with Gasteiger partial charge in [0.25, 0.3) is 5.91 Å². The number of allylic oxidation sites excluding steroid dienone is 1. The van der Waals surface area contributed by atoms with E-state index < -0.39 is 86.4 Å². The molecule has 7 atom stereocenters. The minimum absolute atomic E-state index is 0.0562. The Labute approximate surface area is 388 Å². The Hall–Kier alpha value is -5.66. The SMILES string of the molecule is CCC1CC(C)CCC=CC2CC2(C(=O)NS(=O)(=O)C2CC2)NC(=O)C2CC(Oc3nc(-c4ccc(OC(C)C)cn4)cc4cc(OC)ccc34)CN2C(=O)C1NC(=O)OC(C)(C)C(F)(F)F. The fourth-order valence-electron chi connectivity index (χ4n) is 8.75. The van der Waals surface area contributed by atoms with E-state index >= 15 is 4.79 Å². The van der Waals surface area contributed by atoms with Gasteiger partial charge in [-0.2, -0.15) is 13.2 Å². The first-order valence-electron chi connectivity index (χ1n) is 22.7. The summed E-state index contributed by atoms with van der Waals surface area (Å²) in [5.74, 6) is -2.50. The minimum Gasteiger partial charge on any atom is -0.497 e. The van der Waals surface area contributed by atoms with Gasteiger partial charge < -0.3 is 34.5 Å². The summed E-state index contributed by atoms with van der Waals surface area (Å²) in [4.78, 5) is 68.0. The van der Waals surface area contributed by atoms with E-state index in [1.54, 1.807) is 55.6 Å². The largest absolute Gasteiger partial charge is 0.497 e. The second-order valence-corrected chi connectivity index (χ2v) is 20.9. The molecule has 4 aliphatic rings. The van der Waals surface area contributed by atoms with Crippen LogP contribution in [0, 0.1) is 17.8 Å². The lowest BCUT2D eigenvalue weighted by Gasteiger charge is -2.35. The zero-order valence-electron chi connectivity index (χ0n) is 38.6. The molecule has 1 saturated heterocycles. The first-order chi connectivity index (χ1) is 31.5. The van der Waals surface area contributed by atoms with E-state index in [1.165, 1.54) is 12.0 Å². The van der Waals surface area contributed by atoms with Crippen LogP contribution in [0.5, 0.6) is 17.4 Å². The van der Waals surface area contributed by atoms with E-state index in [2.05, 4.69) is 20.3 Å². The van der Waals surface area contributed by atoms with Crippen LogP contribution < -0.4 is 29.6 Å². The van der Waals surface area contributed by atoms with Gasteiger partial charge in [-0.1, -0.05) is 32.4 Å². The van der Waals surface area contributed by atoms with Crippen LogP contribution in [0.1, 0.15) is 92.9 Å². The normalized spacial score (nSPS) is 26.1. The van der Waals surface area contributed by atoms with E-state index in [-0.39, 0.29) is 37.3 Å². The van der Waals surface area contributed by atoms with Gasteiger partial charge in [0.05, 0.1) is 42.6 Å². The second-order valence-electron chi connectivity index (χ2n) is 18.9. The Morgan fingerprint density at radius 1 is 1.03 bits per heavy atom. The lowest BCUT2D eigenvalue weighted by atomic mass is 9.85. The third kappa shape index (κ3) is 11.0. The highest BCUT2D eigenvalue weighted by atomic mass is 32.2. The van der Waals surface area contributed by atoms with Crippen LogP contribution in [0.15, 0.2) is 54.7 Å². The summed E-state index contributed by atoms with van der Waals surface area (Å²) in [6.07, 6.45) is 0.327. The number of amides is 4. The molecule has 0 bridgehead atoms. The number of ether oxygens (including phenoxy) is 4. The van der Waals surface area contributed by atoms with E-state index in [1.807, 2.05) is 26.8 Å². The smallest absolute Gasteiger partial charge is 0.427 e. The van der Waals surface area contributed by atoms with Gasteiger partial charge in [-0.05, 0) is 120 Å². The van der Waals surface area contributed by atoms with E-state index in [0.29, 0.717) is 86.0 Å². The number of halogens is 3. The van der Waals surface area contributed by atoms with E-state index in [4.69, 9.17) is 23.9 Å². The first kappa shape index (κ1) is 49.3. The lowest BCUT2D eigenvalue weighted by molar-refractivity contribution is -0.244. The van der Waals surface area contributed by atoms with Crippen LogP contribution in [0.4, 0.5) is 18.0 Å². The van der Waals surface area contributed by atoms with Crippen molar-refractivity contribution in [2.75, 3.05) is 13.7 Å². The predicted octanol–water partition coefficient (Wildman–Crippen LogP) is 6.76. The number of benzene rings is 1. The van der Waals surface area contributed by atoms with Crippen LogP contribution in [0.3, 0.4) is 0 Å². The van der Waals surface area contributed by atoms with E-state index in [9.17, 15) is 36.0 Å². The monoisotopic (exact) mass is 956 g/mol. The van der Waals surface area contributed by atoms with Crippen molar-refractivity contribution >= 4 is 44.6 Å². The number of aromatic nitrogens is 2. The number of methoxy groups -OCH3 is 1. The third-order valence-corrected chi connectivity index (χ3v) is 14.7. The molecule has 4 heterocycles. The molecule has 3 fully saturated rings. The number of carbonyl (C=O) groups is 4. The van der Waals surface area contributed by atoms with Crippen molar-refractivity contribution in [3.05, 3.63) is 54.7 Å². The number of rotatable bonds is 12. The van der Waals surface area contributed by atoms with Gasteiger partial charge >= 0.3 is 12.3 Å². The van der Waals surface area contributed by atoms with Gasteiger partial charge in [-0.3, -0.25) is 24.1 Å². The van der Waals surface area contributed by atoms with Gasteiger partial charge in [0.1, 0.15) is 35.2 Å². The number of alkyl halides is 3. The standard InChI is InChI=1S/C47H59F3N6O10S/c1-8-28-19-27(4)11-9-10-12-30-23-46(30,43(59)55-67(61,62)34-15-16-34)54-40(57)38-22-33(25-56(38)42(58)39(28)53-44(60)66-45(5,6)47(48,49)50)65-41-35-17-13-31(63-7)20-29(35)21-37(52-41)36-18-14-32(24-51-36)64-26(2)3/h10,12-14,17-18,20-21,24,26-28,30,33-34,38-39H,8-9,11,15-16,19,22-23,25H2,1-7H3,(H,53,60)(H,54,57)(H,55,59). The summed E-state index contributed by atoms with van der Waals surface area (Å²) in [6, 6.07) is 7.73. The van der Waals surface area contributed by atoms with Crippen LogP contribution in [0.2, 0.25) is 0 Å². The number of alkyl carbamates (subject to hydrolysis) is 1. The summed E-state index contributed by atoms with van der Waals surface area (Å²) < 4.78 is 92.9. The molecule has 20 heteroatoms. The van der Waals surface area contributed by atoms with Gasteiger partial charge in [0, 0.05) is 17.7 Å².